The molecule has 2 heterocycles. The van der Waals surface area contributed by atoms with E-state index >= 15 is 0 Å². The number of aryl methyl sites for hydroxylation is 1. The summed E-state index contributed by atoms with van der Waals surface area (Å²) in [5.74, 6) is 0.963. The van der Waals surface area contributed by atoms with Crippen LogP contribution in [-0.4, -0.2) is 24.7 Å². The van der Waals surface area contributed by atoms with E-state index in [1.807, 2.05) is 24.3 Å². The summed E-state index contributed by atoms with van der Waals surface area (Å²) in [6.07, 6.45) is 2.16. The third kappa shape index (κ3) is 3.53. The van der Waals surface area contributed by atoms with Gasteiger partial charge < -0.3 is 14.8 Å². The summed E-state index contributed by atoms with van der Waals surface area (Å²) in [5.41, 5.74) is 2.46. The molecule has 0 unspecified atom stereocenters. The van der Waals surface area contributed by atoms with Crippen LogP contribution in [0.4, 0.5) is 0 Å². The van der Waals surface area contributed by atoms with Crippen LogP contribution in [-0.2, 0) is 14.9 Å². The molecule has 2 aromatic rings. The Kier molecular flexibility index (Phi) is 4.92. The van der Waals surface area contributed by atoms with Gasteiger partial charge in [-0.3, -0.25) is 4.79 Å². The van der Waals surface area contributed by atoms with E-state index in [-0.39, 0.29) is 17.6 Å². The van der Waals surface area contributed by atoms with Crippen molar-refractivity contribution in [1.82, 2.24) is 5.32 Å². The molecule has 1 fully saturated rings. The lowest BCUT2D eigenvalue weighted by molar-refractivity contribution is -0.131. The predicted molar refractivity (Wildman–Crippen MR) is 110 cm³/mol. The first-order valence-electron chi connectivity index (χ1n) is 10.1. The van der Waals surface area contributed by atoms with Crippen molar-refractivity contribution < 1.29 is 14.3 Å². The van der Waals surface area contributed by atoms with Crippen molar-refractivity contribution in [3.63, 3.8) is 0 Å². The van der Waals surface area contributed by atoms with Crippen molar-refractivity contribution in [1.29, 1.82) is 0 Å². The van der Waals surface area contributed by atoms with E-state index in [2.05, 4.69) is 50.4 Å². The van der Waals surface area contributed by atoms with Crippen LogP contribution < -0.4 is 10.1 Å². The lowest BCUT2D eigenvalue weighted by atomic mass is 9.73. The fourth-order valence-corrected chi connectivity index (χ4v) is 4.52. The Labute approximate surface area is 167 Å². The van der Waals surface area contributed by atoms with E-state index in [9.17, 15) is 4.79 Å². The summed E-state index contributed by atoms with van der Waals surface area (Å²) in [4.78, 5) is 13.7. The van der Waals surface area contributed by atoms with E-state index in [4.69, 9.17) is 9.47 Å². The summed E-state index contributed by atoms with van der Waals surface area (Å²) in [6.45, 7) is 7.45. The van der Waals surface area contributed by atoms with E-state index < -0.39 is 5.41 Å². The van der Waals surface area contributed by atoms with Crippen LogP contribution in [0, 0.1) is 6.92 Å². The van der Waals surface area contributed by atoms with Crippen molar-refractivity contribution in [3.05, 3.63) is 65.2 Å². The number of amides is 1. The monoisotopic (exact) mass is 379 g/mol. The standard InChI is InChI=1S/C24H29NO3/c1-17-9-10-21-19(15-17)20(16-23(2,3)28-21)25-22(26)24(11-13-27-14-12-24)18-7-5-4-6-8-18/h4-10,15,20H,11-14,16H2,1-3H3,(H,25,26)/t20-/m0/s1. The Morgan fingerprint density at radius 3 is 2.50 bits per heavy atom. The quantitative estimate of drug-likeness (QED) is 0.856. The number of carbonyl (C=O) groups is 1. The number of ether oxygens (including phenoxy) is 2. The Bertz CT molecular complexity index is 853. The zero-order chi connectivity index (χ0) is 19.8. The maximum atomic E-state index is 13.7. The Morgan fingerprint density at radius 1 is 1.07 bits per heavy atom. The highest BCUT2D eigenvalue weighted by molar-refractivity contribution is 5.89. The van der Waals surface area contributed by atoms with Crippen molar-refractivity contribution in [2.45, 2.75) is 57.1 Å². The minimum absolute atomic E-state index is 0.0606. The largest absolute Gasteiger partial charge is 0.487 e. The van der Waals surface area contributed by atoms with Gasteiger partial charge in [-0.05, 0) is 45.2 Å². The van der Waals surface area contributed by atoms with Gasteiger partial charge in [0.1, 0.15) is 11.4 Å². The second-order valence-corrected chi connectivity index (χ2v) is 8.69. The zero-order valence-electron chi connectivity index (χ0n) is 17.0. The van der Waals surface area contributed by atoms with Crippen LogP contribution >= 0.6 is 0 Å². The first-order valence-corrected chi connectivity index (χ1v) is 10.1. The van der Waals surface area contributed by atoms with E-state index in [1.54, 1.807) is 0 Å². The van der Waals surface area contributed by atoms with Gasteiger partial charge in [0.25, 0.3) is 0 Å². The SMILES string of the molecule is Cc1ccc2c(c1)[C@@H](NC(=O)C1(c3ccccc3)CCOCC1)CC(C)(C)O2. The molecule has 1 atom stereocenters. The van der Waals surface area contributed by atoms with Crippen LogP contribution in [0.2, 0.25) is 0 Å². The van der Waals surface area contributed by atoms with Crippen LogP contribution in [0.5, 0.6) is 5.75 Å². The molecule has 2 aliphatic rings. The maximum absolute atomic E-state index is 13.7. The number of hydrogen-bond acceptors (Lipinski definition) is 3. The van der Waals surface area contributed by atoms with Crippen LogP contribution in [0.25, 0.3) is 0 Å². The molecule has 2 aliphatic heterocycles. The fraction of sp³-hybridized carbons (Fsp3) is 0.458. The molecule has 4 rings (SSSR count). The Balaban J connectivity index is 1.67. The van der Waals surface area contributed by atoms with E-state index in [0.717, 1.165) is 23.3 Å². The summed E-state index contributed by atoms with van der Waals surface area (Å²) < 4.78 is 11.8. The molecular weight excluding hydrogens is 350 g/mol. The van der Waals surface area contributed by atoms with Gasteiger partial charge in [0.15, 0.2) is 0 Å². The lowest BCUT2D eigenvalue weighted by Crippen LogP contribution is -2.51. The normalized spacial score (nSPS) is 22.6. The molecule has 28 heavy (non-hydrogen) atoms. The number of carbonyl (C=O) groups excluding carboxylic acids is 1. The van der Waals surface area contributed by atoms with Crippen LogP contribution in [0.15, 0.2) is 48.5 Å². The molecule has 4 nitrogen and oxygen atoms in total. The van der Waals surface area contributed by atoms with Gasteiger partial charge >= 0.3 is 0 Å². The molecule has 1 saturated heterocycles. The van der Waals surface area contributed by atoms with Crippen LogP contribution in [0.3, 0.4) is 0 Å². The average Bonchev–Trinajstić information content (AvgIpc) is 2.69. The van der Waals surface area contributed by atoms with Crippen molar-refractivity contribution >= 4 is 5.91 Å². The van der Waals surface area contributed by atoms with Crippen molar-refractivity contribution in [2.24, 2.45) is 0 Å². The molecule has 1 amide bonds. The van der Waals surface area contributed by atoms with E-state index in [0.29, 0.717) is 26.1 Å². The molecule has 0 saturated carbocycles. The predicted octanol–water partition coefficient (Wildman–Crippen LogP) is 4.46. The number of benzene rings is 2. The highest BCUT2D eigenvalue weighted by Crippen LogP contribution is 2.42. The molecule has 148 valence electrons. The number of rotatable bonds is 3. The Morgan fingerprint density at radius 2 is 1.79 bits per heavy atom. The second-order valence-electron chi connectivity index (χ2n) is 8.69. The van der Waals surface area contributed by atoms with E-state index in [1.165, 1.54) is 5.56 Å². The Hall–Kier alpha value is -2.33. The smallest absolute Gasteiger partial charge is 0.231 e. The first kappa shape index (κ1) is 19.0. The minimum Gasteiger partial charge on any atom is -0.487 e. The molecule has 0 spiro atoms. The third-order valence-electron chi connectivity index (χ3n) is 6.04. The van der Waals surface area contributed by atoms with Gasteiger partial charge in [-0.15, -0.1) is 0 Å². The lowest BCUT2D eigenvalue weighted by Gasteiger charge is -2.41. The number of nitrogens with one attached hydrogen (secondary N) is 1. The maximum Gasteiger partial charge on any atom is 0.231 e. The summed E-state index contributed by atoms with van der Waals surface area (Å²) in [6, 6.07) is 16.3. The van der Waals surface area contributed by atoms with Gasteiger partial charge in [-0.1, -0.05) is 48.0 Å². The van der Waals surface area contributed by atoms with Crippen molar-refractivity contribution in [3.8, 4) is 5.75 Å². The zero-order valence-corrected chi connectivity index (χ0v) is 17.0. The number of hydrogen-bond donors (Lipinski definition) is 1. The average molecular weight is 380 g/mol. The van der Waals surface area contributed by atoms with Gasteiger partial charge in [-0.2, -0.15) is 0 Å². The molecule has 0 radical (unpaired) electrons. The fourth-order valence-electron chi connectivity index (χ4n) is 4.52. The first-order chi connectivity index (χ1) is 13.4. The molecule has 0 aliphatic carbocycles. The van der Waals surface area contributed by atoms with Gasteiger partial charge in [0, 0.05) is 25.2 Å². The van der Waals surface area contributed by atoms with Gasteiger partial charge in [-0.25, -0.2) is 0 Å². The minimum atomic E-state index is -0.536. The second kappa shape index (κ2) is 7.25. The highest BCUT2D eigenvalue weighted by atomic mass is 16.5. The topological polar surface area (TPSA) is 47.6 Å². The molecule has 0 aromatic heterocycles. The summed E-state index contributed by atoms with van der Waals surface area (Å²) in [5, 5.41) is 3.39. The van der Waals surface area contributed by atoms with Gasteiger partial charge in [0.2, 0.25) is 5.91 Å². The molecular formula is C24H29NO3. The molecule has 0 bridgehead atoms. The van der Waals surface area contributed by atoms with Crippen molar-refractivity contribution in [2.75, 3.05) is 13.2 Å². The van der Waals surface area contributed by atoms with Crippen LogP contribution in [0.1, 0.15) is 55.8 Å². The third-order valence-corrected chi connectivity index (χ3v) is 6.04. The molecule has 4 heteroatoms. The number of fused-ring (bicyclic) bond motifs is 1. The highest BCUT2D eigenvalue weighted by Gasteiger charge is 2.44. The molecule has 1 N–H and O–H groups in total. The molecule has 2 aromatic carbocycles. The van der Waals surface area contributed by atoms with Gasteiger partial charge in [0.05, 0.1) is 11.5 Å². The summed E-state index contributed by atoms with van der Waals surface area (Å²) in [7, 11) is 0. The summed E-state index contributed by atoms with van der Waals surface area (Å²) >= 11 is 0.